The number of nitrogens with two attached hydrogens (primary N) is 1. The number of unbranched alkanes of at least 4 members (excludes halogenated alkanes) is 32. The van der Waals surface area contributed by atoms with Gasteiger partial charge >= 0.3 is 19.8 Å². The Morgan fingerprint density at radius 3 is 1.18 bits per heavy atom. The van der Waals surface area contributed by atoms with Crippen LogP contribution in [0.4, 0.5) is 0 Å². The first-order valence-electron chi connectivity index (χ1n) is 23.6. The molecular formula is C45H90NO9P. The lowest BCUT2D eigenvalue weighted by Gasteiger charge is -2.20. The van der Waals surface area contributed by atoms with Crippen molar-refractivity contribution in [3.8, 4) is 0 Å². The number of hydrogen-bond donors (Lipinski definition) is 3. The second kappa shape index (κ2) is 42.1. The van der Waals surface area contributed by atoms with Crippen LogP contribution in [-0.4, -0.2) is 60.5 Å². The number of rotatable bonds is 46. The Morgan fingerprint density at radius 1 is 0.500 bits per heavy atom. The van der Waals surface area contributed by atoms with Crippen molar-refractivity contribution in [1.29, 1.82) is 0 Å². The maximum absolute atomic E-state index is 12.6. The molecule has 0 amide bonds. The van der Waals surface area contributed by atoms with E-state index in [2.05, 4.69) is 13.8 Å². The van der Waals surface area contributed by atoms with Crippen molar-refractivity contribution >= 4 is 19.8 Å². The average molecular weight is 820 g/mol. The molecule has 0 aromatic rings. The Hall–Kier alpha value is -1.03. The molecule has 0 aromatic carbocycles. The second-order valence-electron chi connectivity index (χ2n) is 16.3. The lowest BCUT2D eigenvalue weighted by molar-refractivity contribution is -0.154. The summed E-state index contributed by atoms with van der Waals surface area (Å²) in [7, 11) is -4.60. The maximum Gasteiger partial charge on any atom is 0.472 e. The van der Waals surface area contributed by atoms with E-state index in [4.69, 9.17) is 29.4 Å². The minimum absolute atomic E-state index is 0.0256. The molecule has 0 rings (SSSR count). The molecule has 0 radical (unpaired) electrons. The lowest BCUT2D eigenvalue weighted by Crippen LogP contribution is -2.34. The van der Waals surface area contributed by atoms with Crippen LogP contribution >= 0.6 is 7.82 Å². The van der Waals surface area contributed by atoms with Crippen molar-refractivity contribution in [2.75, 3.05) is 26.4 Å². The van der Waals surface area contributed by atoms with Crippen LogP contribution in [0.5, 0.6) is 0 Å². The van der Waals surface area contributed by atoms with Gasteiger partial charge in [0.25, 0.3) is 0 Å². The average Bonchev–Trinajstić information content (AvgIpc) is 3.18. The Balaban J connectivity index is 3.98. The van der Waals surface area contributed by atoms with Gasteiger partial charge in [0.1, 0.15) is 12.1 Å². The Labute approximate surface area is 344 Å². The summed E-state index contributed by atoms with van der Waals surface area (Å²) in [6.07, 6.45) is 43.2. The van der Waals surface area contributed by atoms with E-state index < -0.39 is 45.1 Å². The summed E-state index contributed by atoms with van der Waals surface area (Å²) in [5.41, 5.74) is 5.35. The molecule has 3 atom stereocenters. The van der Waals surface area contributed by atoms with Gasteiger partial charge in [0.2, 0.25) is 0 Å². The van der Waals surface area contributed by atoms with Gasteiger partial charge < -0.3 is 25.2 Å². The number of ether oxygens (including phenoxy) is 2. The molecule has 11 heteroatoms. The Kier molecular flexibility index (Phi) is 41.3. The van der Waals surface area contributed by atoms with Crippen LogP contribution in [0.15, 0.2) is 0 Å². The fraction of sp³-hybridized carbons (Fsp3) is 0.956. The summed E-state index contributed by atoms with van der Waals surface area (Å²) >= 11 is 0. The van der Waals surface area contributed by atoms with Crippen LogP contribution in [0.1, 0.15) is 239 Å². The van der Waals surface area contributed by atoms with E-state index in [1.165, 1.54) is 180 Å². The zero-order chi connectivity index (χ0) is 41.2. The smallest absolute Gasteiger partial charge is 0.472 e. The highest BCUT2D eigenvalue weighted by molar-refractivity contribution is 7.47. The van der Waals surface area contributed by atoms with Gasteiger partial charge in [-0.15, -0.1) is 0 Å². The topological polar surface area (TPSA) is 155 Å². The molecule has 3 unspecified atom stereocenters. The van der Waals surface area contributed by atoms with Crippen LogP contribution < -0.4 is 5.73 Å². The van der Waals surface area contributed by atoms with E-state index in [1.807, 2.05) is 0 Å². The highest BCUT2D eigenvalue weighted by atomic mass is 31.2. The Morgan fingerprint density at radius 2 is 0.821 bits per heavy atom. The third-order valence-corrected chi connectivity index (χ3v) is 11.6. The molecule has 0 saturated heterocycles. The van der Waals surface area contributed by atoms with Crippen molar-refractivity contribution in [1.82, 2.24) is 0 Å². The summed E-state index contributed by atoms with van der Waals surface area (Å²) in [5, 5.41) is 8.89. The molecule has 0 saturated carbocycles. The molecule has 0 aliphatic carbocycles. The first kappa shape index (κ1) is 55.0. The van der Waals surface area contributed by atoms with Gasteiger partial charge in [-0.25, -0.2) is 4.57 Å². The number of esters is 1. The van der Waals surface area contributed by atoms with Crippen molar-refractivity contribution in [2.24, 2.45) is 5.73 Å². The van der Waals surface area contributed by atoms with E-state index in [-0.39, 0.29) is 13.0 Å². The van der Waals surface area contributed by atoms with Gasteiger partial charge in [0.05, 0.1) is 19.8 Å². The summed E-state index contributed by atoms with van der Waals surface area (Å²) < 4.78 is 33.3. The van der Waals surface area contributed by atoms with E-state index in [9.17, 15) is 19.0 Å². The first-order chi connectivity index (χ1) is 27.2. The highest BCUT2D eigenvalue weighted by Gasteiger charge is 2.27. The van der Waals surface area contributed by atoms with Crippen molar-refractivity contribution in [3.63, 3.8) is 0 Å². The first-order valence-corrected chi connectivity index (χ1v) is 25.1. The summed E-state index contributed by atoms with van der Waals surface area (Å²) in [4.78, 5) is 33.5. The summed E-state index contributed by atoms with van der Waals surface area (Å²) in [6, 6.07) is -1.47. The van der Waals surface area contributed by atoms with Gasteiger partial charge in [-0.3, -0.25) is 18.6 Å². The standard InChI is InChI=1S/C45H90NO9P/c1-3-5-7-9-11-13-15-16-17-18-19-20-21-22-23-24-25-26-27-28-30-32-34-36-38-52-39-42(40-53-56(50,51)54-41-43(46)45(48)49)55-44(47)37-35-33-31-29-14-12-10-8-6-4-2/h42-43H,3-41,46H2,1-2H3,(H,48,49)(H,50,51). The van der Waals surface area contributed by atoms with Crippen LogP contribution in [0, 0.1) is 0 Å². The quantitative estimate of drug-likeness (QED) is 0.0307. The van der Waals surface area contributed by atoms with Gasteiger partial charge in [-0.2, -0.15) is 0 Å². The lowest BCUT2D eigenvalue weighted by atomic mass is 10.0. The van der Waals surface area contributed by atoms with Crippen LogP contribution in [0.25, 0.3) is 0 Å². The maximum atomic E-state index is 12.6. The molecule has 0 heterocycles. The zero-order valence-electron chi connectivity index (χ0n) is 36.5. The monoisotopic (exact) mass is 820 g/mol. The molecule has 0 spiro atoms. The van der Waals surface area contributed by atoms with Crippen LogP contribution in [-0.2, 0) is 32.7 Å². The van der Waals surface area contributed by atoms with E-state index in [0.717, 1.165) is 38.5 Å². The Bertz CT molecular complexity index is 909. The number of aliphatic carboxylic acids is 1. The summed E-state index contributed by atoms with van der Waals surface area (Å²) in [6.45, 7) is 3.91. The molecule has 56 heavy (non-hydrogen) atoms. The normalized spacial score (nSPS) is 13.8. The van der Waals surface area contributed by atoms with Crippen molar-refractivity contribution in [3.05, 3.63) is 0 Å². The molecule has 0 aromatic heterocycles. The molecule has 0 bridgehead atoms. The molecule has 334 valence electrons. The number of carbonyl (C=O) groups is 2. The van der Waals surface area contributed by atoms with Crippen molar-refractivity contribution in [2.45, 2.75) is 251 Å². The molecule has 10 nitrogen and oxygen atoms in total. The third kappa shape index (κ3) is 41.1. The number of carboxylic acids is 1. The van der Waals surface area contributed by atoms with Gasteiger partial charge in [-0.05, 0) is 12.8 Å². The molecule has 4 N–H and O–H groups in total. The van der Waals surface area contributed by atoms with Gasteiger partial charge in [-0.1, -0.05) is 219 Å². The van der Waals surface area contributed by atoms with E-state index in [1.54, 1.807) is 0 Å². The van der Waals surface area contributed by atoms with E-state index >= 15 is 0 Å². The molecule has 0 aliphatic rings. The zero-order valence-corrected chi connectivity index (χ0v) is 37.4. The van der Waals surface area contributed by atoms with Crippen molar-refractivity contribution < 1.29 is 42.7 Å². The summed E-state index contributed by atoms with van der Waals surface area (Å²) in [5.74, 6) is -1.77. The predicted octanol–water partition coefficient (Wildman–Crippen LogP) is 13.2. The predicted molar refractivity (Wildman–Crippen MR) is 231 cm³/mol. The largest absolute Gasteiger partial charge is 0.480 e. The van der Waals surface area contributed by atoms with Gasteiger partial charge in [0.15, 0.2) is 0 Å². The minimum Gasteiger partial charge on any atom is -0.480 e. The fourth-order valence-electron chi connectivity index (χ4n) is 6.96. The third-order valence-electron chi connectivity index (χ3n) is 10.6. The second-order valence-corrected chi connectivity index (χ2v) is 17.7. The van der Waals surface area contributed by atoms with Crippen LogP contribution in [0.2, 0.25) is 0 Å². The highest BCUT2D eigenvalue weighted by Crippen LogP contribution is 2.43. The van der Waals surface area contributed by atoms with Gasteiger partial charge in [0, 0.05) is 13.0 Å². The number of phosphoric acid groups is 1. The number of carbonyl (C=O) groups excluding carboxylic acids is 1. The van der Waals surface area contributed by atoms with E-state index in [0.29, 0.717) is 6.61 Å². The minimum atomic E-state index is -4.60. The number of phosphoric ester groups is 1. The van der Waals surface area contributed by atoms with Crippen LogP contribution in [0.3, 0.4) is 0 Å². The molecular weight excluding hydrogens is 729 g/mol. The molecule has 0 fully saturated rings. The fourth-order valence-corrected chi connectivity index (χ4v) is 7.74. The number of carboxylic acid groups (broad SMARTS) is 1. The SMILES string of the molecule is CCCCCCCCCCCCCCCCCCCCCCCCCCOCC(COP(=O)(O)OCC(N)C(=O)O)OC(=O)CCCCCCCCCCCC. The molecule has 0 aliphatic heterocycles. The number of hydrogen-bond acceptors (Lipinski definition) is 8.